The molecule has 1 heterocycles. The summed E-state index contributed by atoms with van der Waals surface area (Å²) in [6.45, 7) is 3.50. The van der Waals surface area contributed by atoms with Crippen LogP contribution < -0.4 is 5.32 Å². The molecule has 0 bridgehead atoms. The second-order valence-corrected chi connectivity index (χ2v) is 8.22. The Bertz CT molecular complexity index is 1300. The van der Waals surface area contributed by atoms with Crippen LogP contribution in [0.2, 0.25) is 5.02 Å². The van der Waals surface area contributed by atoms with Crippen molar-refractivity contribution in [1.29, 1.82) is 0 Å². The van der Waals surface area contributed by atoms with E-state index in [-0.39, 0.29) is 0 Å². The summed E-state index contributed by atoms with van der Waals surface area (Å²) in [5.41, 5.74) is 5.48. The van der Waals surface area contributed by atoms with Crippen LogP contribution in [0.15, 0.2) is 77.3 Å². The van der Waals surface area contributed by atoms with Gasteiger partial charge in [0.2, 0.25) is 0 Å². The van der Waals surface area contributed by atoms with Gasteiger partial charge in [-0.2, -0.15) is 0 Å². The molecule has 0 fully saturated rings. The van der Waals surface area contributed by atoms with E-state index >= 15 is 0 Å². The number of hydrogen-bond acceptors (Lipinski definition) is 5. The Labute approximate surface area is 202 Å². The van der Waals surface area contributed by atoms with Crippen LogP contribution in [0.3, 0.4) is 0 Å². The lowest BCUT2D eigenvalue weighted by atomic mass is 10.0. The van der Waals surface area contributed by atoms with Gasteiger partial charge in [0, 0.05) is 22.6 Å². The molecule has 0 aliphatic heterocycles. The fourth-order valence-electron chi connectivity index (χ4n) is 3.62. The van der Waals surface area contributed by atoms with Gasteiger partial charge in [-0.25, -0.2) is 4.79 Å². The van der Waals surface area contributed by atoms with Crippen molar-refractivity contribution in [2.24, 2.45) is 0 Å². The average Bonchev–Trinajstić information content (AvgIpc) is 3.20. The van der Waals surface area contributed by atoms with Crippen LogP contribution >= 0.6 is 11.6 Å². The minimum atomic E-state index is -0.632. The van der Waals surface area contributed by atoms with Gasteiger partial charge in [-0.3, -0.25) is 5.32 Å². The highest BCUT2D eigenvalue weighted by molar-refractivity contribution is 6.31. The fraction of sp³-hybridized carbons (Fsp3) is 0.148. The number of carbonyl (C=O) groups is 2. The van der Waals surface area contributed by atoms with Crippen LogP contribution in [0.5, 0.6) is 0 Å². The topological polar surface area (TPSA) is 81.4 Å². The molecule has 0 saturated carbocycles. The maximum atomic E-state index is 12.6. The van der Waals surface area contributed by atoms with E-state index in [1.165, 1.54) is 0 Å². The van der Waals surface area contributed by atoms with Crippen LogP contribution in [0.1, 0.15) is 29.8 Å². The van der Waals surface area contributed by atoms with Crippen molar-refractivity contribution < 1.29 is 18.8 Å². The summed E-state index contributed by atoms with van der Waals surface area (Å²) >= 11 is 6.20. The van der Waals surface area contributed by atoms with E-state index in [1.807, 2.05) is 66.7 Å². The highest BCUT2D eigenvalue weighted by Gasteiger charge is 2.20. The number of aryl methyl sites for hydroxylation is 1. The molecule has 0 spiro atoms. The first-order valence-electron chi connectivity index (χ1n) is 10.8. The number of amides is 1. The summed E-state index contributed by atoms with van der Waals surface area (Å²) in [6, 6.07) is 22.8. The number of benzene rings is 3. The number of aldehydes is 1. The highest BCUT2D eigenvalue weighted by Crippen LogP contribution is 2.33. The molecule has 7 heteroatoms. The number of halogens is 1. The number of anilines is 1. The number of carbonyl (C=O) groups excluding carboxylic acids is 2. The summed E-state index contributed by atoms with van der Waals surface area (Å²) < 4.78 is 11.0. The Kier molecular flexibility index (Phi) is 7.09. The second kappa shape index (κ2) is 10.4. The van der Waals surface area contributed by atoms with Crippen molar-refractivity contribution >= 4 is 29.7 Å². The van der Waals surface area contributed by atoms with Crippen LogP contribution in [0.25, 0.3) is 22.5 Å². The molecule has 0 aliphatic rings. The Hall–Kier alpha value is -3.90. The third kappa shape index (κ3) is 5.18. The van der Waals surface area contributed by atoms with Gasteiger partial charge < -0.3 is 14.1 Å². The zero-order chi connectivity index (χ0) is 24.1. The second-order valence-electron chi connectivity index (χ2n) is 7.81. The standard InChI is InChI=1S/C27H23ClN2O4/c1-17-25(29-27(32)33-18(2)23-5-3-4-6-24(23)28)26(34-30-17)22-13-11-21(12-14-22)20-9-7-19(8-10-20)15-16-31/h3-14,16,18H,15H2,1-2H3,(H,29,32). The first-order valence-corrected chi connectivity index (χ1v) is 11.2. The average molecular weight is 475 g/mol. The van der Waals surface area contributed by atoms with Gasteiger partial charge in [-0.15, -0.1) is 0 Å². The molecule has 1 unspecified atom stereocenters. The van der Waals surface area contributed by atoms with Crippen molar-refractivity contribution in [2.75, 3.05) is 5.32 Å². The zero-order valence-corrected chi connectivity index (χ0v) is 19.5. The molecule has 0 aliphatic carbocycles. The van der Waals surface area contributed by atoms with Crippen LogP contribution in [0, 0.1) is 6.92 Å². The molecular formula is C27H23ClN2O4. The predicted molar refractivity (Wildman–Crippen MR) is 132 cm³/mol. The molecule has 1 amide bonds. The van der Waals surface area contributed by atoms with Gasteiger partial charge in [-0.05, 0) is 36.6 Å². The number of rotatable bonds is 7. The van der Waals surface area contributed by atoms with Crippen molar-refractivity contribution in [1.82, 2.24) is 5.16 Å². The summed E-state index contributed by atoms with van der Waals surface area (Å²) in [7, 11) is 0. The minimum absolute atomic E-state index is 0.402. The van der Waals surface area contributed by atoms with Crippen LogP contribution in [-0.4, -0.2) is 17.5 Å². The minimum Gasteiger partial charge on any atom is -0.441 e. The third-order valence-corrected chi connectivity index (χ3v) is 5.81. The number of aromatic nitrogens is 1. The largest absolute Gasteiger partial charge is 0.441 e. The van der Waals surface area contributed by atoms with Gasteiger partial charge in [0.05, 0.1) is 0 Å². The van der Waals surface area contributed by atoms with E-state index in [9.17, 15) is 9.59 Å². The molecule has 3 aromatic carbocycles. The predicted octanol–water partition coefficient (Wildman–Crippen LogP) is 7.02. The van der Waals surface area contributed by atoms with Gasteiger partial charge in [-0.1, -0.05) is 83.5 Å². The molecule has 4 rings (SSSR count). The monoisotopic (exact) mass is 474 g/mol. The van der Waals surface area contributed by atoms with Crippen molar-refractivity contribution in [3.05, 3.63) is 94.6 Å². The summed E-state index contributed by atoms with van der Waals surface area (Å²) in [4.78, 5) is 23.3. The highest BCUT2D eigenvalue weighted by atomic mass is 35.5. The summed E-state index contributed by atoms with van der Waals surface area (Å²) in [5.74, 6) is 0.438. The van der Waals surface area contributed by atoms with E-state index in [0.717, 1.165) is 34.1 Å². The molecule has 0 saturated heterocycles. The maximum Gasteiger partial charge on any atom is 0.412 e. The lowest BCUT2D eigenvalue weighted by Crippen LogP contribution is -2.17. The SMILES string of the molecule is Cc1noc(-c2ccc(-c3ccc(CC=O)cc3)cc2)c1NC(=O)OC(C)c1ccccc1Cl. The third-order valence-electron chi connectivity index (χ3n) is 5.47. The lowest BCUT2D eigenvalue weighted by molar-refractivity contribution is -0.107. The van der Waals surface area contributed by atoms with Gasteiger partial charge >= 0.3 is 6.09 Å². The molecule has 1 aromatic heterocycles. The molecule has 172 valence electrons. The summed E-state index contributed by atoms with van der Waals surface area (Å²) in [5, 5.41) is 7.29. The Morgan fingerprint density at radius 2 is 1.65 bits per heavy atom. The first kappa shape index (κ1) is 23.3. The molecule has 34 heavy (non-hydrogen) atoms. The smallest absolute Gasteiger partial charge is 0.412 e. The number of ether oxygens (including phenoxy) is 1. The maximum absolute atomic E-state index is 12.6. The fourth-order valence-corrected chi connectivity index (χ4v) is 3.91. The molecule has 1 N–H and O–H groups in total. The van der Waals surface area contributed by atoms with E-state index < -0.39 is 12.2 Å². The molecule has 6 nitrogen and oxygen atoms in total. The zero-order valence-electron chi connectivity index (χ0n) is 18.7. The van der Waals surface area contributed by atoms with E-state index in [4.69, 9.17) is 20.9 Å². The summed E-state index contributed by atoms with van der Waals surface area (Å²) in [6.07, 6.45) is 0.128. The van der Waals surface area contributed by atoms with Crippen LogP contribution in [0.4, 0.5) is 10.5 Å². The van der Waals surface area contributed by atoms with E-state index in [2.05, 4.69) is 10.5 Å². The Morgan fingerprint density at radius 3 is 2.29 bits per heavy atom. The normalized spacial score (nSPS) is 11.6. The molecule has 1 atom stereocenters. The number of hydrogen-bond donors (Lipinski definition) is 1. The first-order chi connectivity index (χ1) is 16.5. The molecule has 0 radical (unpaired) electrons. The van der Waals surface area contributed by atoms with Crippen molar-refractivity contribution in [2.45, 2.75) is 26.4 Å². The lowest BCUT2D eigenvalue weighted by Gasteiger charge is -2.15. The van der Waals surface area contributed by atoms with Gasteiger partial charge in [0.15, 0.2) is 5.76 Å². The van der Waals surface area contributed by atoms with Crippen molar-refractivity contribution in [3.8, 4) is 22.5 Å². The van der Waals surface area contributed by atoms with Crippen molar-refractivity contribution in [3.63, 3.8) is 0 Å². The van der Waals surface area contributed by atoms with E-state index in [0.29, 0.717) is 28.6 Å². The van der Waals surface area contributed by atoms with E-state index in [1.54, 1.807) is 19.9 Å². The number of nitrogens with zero attached hydrogens (tertiary/aromatic N) is 1. The molecule has 4 aromatic rings. The van der Waals surface area contributed by atoms with Gasteiger partial charge in [0.25, 0.3) is 0 Å². The van der Waals surface area contributed by atoms with Crippen LogP contribution in [-0.2, 0) is 16.0 Å². The molecular weight excluding hydrogens is 452 g/mol. The Balaban J connectivity index is 1.49. The van der Waals surface area contributed by atoms with Gasteiger partial charge in [0.1, 0.15) is 23.8 Å². The quantitative estimate of drug-likeness (QED) is 0.291. The Morgan fingerprint density at radius 1 is 1.03 bits per heavy atom. The number of nitrogens with one attached hydrogen (secondary N) is 1.